The fraction of sp³-hybridized carbons (Fsp3) is 0.231. The summed E-state index contributed by atoms with van der Waals surface area (Å²) in [5.41, 5.74) is 7.28. The number of urea groups is 1. The van der Waals surface area contributed by atoms with Gasteiger partial charge in [0.15, 0.2) is 0 Å². The van der Waals surface area contributed by atoms with Gasteiger partial charge in [0.2, 0.25) is 0 Å². The van der Waals surface area contributed by atoms with E-state index in [-0.39, 0.29) is 6.03 Å². The summed E-state index contributed by atoms with van der Waals surface area (Å²) in [5, 5.41) is 2.82. The number of aromatic amines is 1. The van der Waals surface area contributed by atoms with Crippen LogP contribution in [0.1, 0.15) is 11.4 Å². The molecule has 0 fully saturated rings. The van der Waals surface area contributed by atoms with Crippen LogP contribution in [0.2, 0.25) is 0 Å². The maximum Gasteiger partial charge on any atom is 0.321 e. The van der Waals surface area contributed by atoms with E-state index in [9.17, 15) is 4.79 Å². The van der Waals surface area contributed by atoms with Crippen molar-refractivity contribution in [3.63, 3.8) is 0 Å². The Morgan fingerprint density at radius 3 is 3.05 bits per heavy atom. The molecular formula is C13H17N5O. The molecule has 2 rings (SSSR count). The van der Waals surface area contributed by atoms with Crippen LogP contribution in [0.15, 0.2) is 36.7 Å². The predicted molar refractivity (Wildman–Crippen MR) is 73.4 cm³/mol. The lowest BCUT2D eigenvalue weighted by Gasteiger charge is -2.17. The lowest BCUT2D eigenvalue weighted by atomic mass is 10.2. The SMILES string of the molecule is CN(Cc1ncc[nH]1)C(=O)Nc1cccc(CN)c1. The molecule has 1 aromatic heterocycles. The van der Waals surface area contributed by atoms with Crippen molar-refractivity contribution in [2.45, 2.75) is 13.1 Å². The molecule has 0 unspecified atom stereocenters. The van der Waals surface area contributed by atoms with Gasteiger partial charge in [-0.3, -0.25) is 0 Å². The van der Waals surface area contributed by atoms with Gasteiger partial charge in [0.1, 0.15) is 5.82 Å². The third-order valence-corrected chi connectivity index (χ3v) is 2.70. The highest BCUT2D eigenvalue weighted by molar-refractivity contribution is 5.89. The summed E-state index contributed by atoms with van der Waals surface area (Å²) >= 11 is 0. The van der Waals surface area contributed by atoms with Crippen LogP contribution in [-0.4, -0.2) is 27.9 Å². The molecule has 0 saturated heterocycles. The number of aromatic nitrogens is 2. The summed E-state index contributed by atoms with van der Waals surface area (Å²) in [4.78, 5) is 20.6. The maximum absolute atomic E-state index is 12.0. The van der Waals surface area contributed by atoms with Gasteiger partial charge >= 0.3 is 6.03 Å². The molecule has 0 aliphatic rings. The molecule has 4 N–H and O–H groups in total. The van der Waals surface area contributed by atoms with Crippen molar-refractivity contribution in [3.05, 3.63) is 48.0 Å². The van der Waals surface area contributed by atoms with Crippen molar-refractivity contribution < 1.29 is 4.79 Å². The van der Waals surface area contributed by atoms with E-state index < -0.39 is 0 Å². The monoisotopic (exact) mass is 259 g/mol. The first-order chi connectivity index (χ1) is 9.19. The topological polar surface area (TPSA) is 87.0 Å². The van der Waals surface area contributed by atoms with Crippen LogP contribution in [-0.2, 0) is 13.1 Å². The summed E-state index contributed by atoms with van der Waals surface area (Å²) in [7, 11) is 1.71. The summed E-state index contributed by atoms with van der Waals surface area (Å²) in [6.07, 6.45) is 3.39. The number of nitrogens with two attached hydrogens (primary N) is 1. The highest BCUT2D eigenvalue weighted by Crippen LogP contribution is 2.11. The Labute approximate surface area is 111 Å². The number of rotatable bonds is 4. The standard InChI is InChI=1S/C13H17N5O/c1-18(9-12-15-5-6-16-12)13(19)17-11-4-2-3-10(7-11)8-14/h2-7H,8-9,14H2,1H3,(H,15,16)(H,17,19). The number of imidazole rings is 1. The van der Waals surface area contributed by atoms with Crippen LogP contribution in [0.3, 0.4) is 0 Å². The van der Waals surface area contributed by atoms with E-state index in [1.165, 1.54) is 0 Å². The number of carbonyl (C=O) groups is 1. The Bertz CT molecular complexity index is 538. The average Bonchev–Trinajstić information content (AvgIpc) is 2.91. The summed E-state index contributed by atoms with van der Waals surface area (Å²) in [6.45, 7) is 0.876. The summed E-state index contributed by atoms with van der Waals surface area (Å²) in [6, 6.07) is 7.29. The summed E-state index contributed by atoms with van der Waals surface area (Å²) in [5.74, 6) is 0.744. The van der Waals surface area contributed by atoms with Crippen molar-refractivity contribution in [1.82, 2.24) is 14.9 Å². The first-order valence-corrected chi connectivity index (χ1v) is 5.98. The number of benzene rings is 1. The van der Waals surface area contributed by atoms with Crippen molar-refractivity contribution in [1.29, 1.82) is 0 Å². The van der Waals surface area contributed by atoms with Gasteiger partial charge in [-0.15, -0.1) is 0 Å². The molecule has 6 heteroatoms. The lowest BCUT2D eigenvalue weighted by molar-refractivity contribution is 0.219. The lowest BCUT2D eigenvalue weighted by Crippen LogP contribution is -2.31. The molecule has 6 nitrogen and oxygen atoms in total. The molecule has 1 aromatic carbocycles. The van der Waals surface area contributed by atoms with E-state index in [0.29, 0.717) is 13.1 Å². The van der Waals surface area contributed by atoms with Gasteiger partial charge in [-0.25, -0.2) is 9.78 Å². The van der Waals surface area contributed by atoms with Gasteiger partial charge in [0.05, 0.1) is 6.54 Å². The van der Waals surface area contributed by atoms with Gasteiger partial charge in [-0.1, -0.05) is 12.1 Å². The highest BCUT2D eigenvalue weighted by atomic mass is 16.2. The van der Waals surface area contributed by atoms with Crippen molar-refractivity contribution in [3.8, 4) is 0 Å². The van der Waals surface area contributed by atoms with E-state index in [1.807, 2.05) is 24.3 Å². The normalized spacial score (nSPS) is 10.2. The van der Waals surface area contributed by atoms with Crippen LogP contribution in [0.4, 0.5) is 10.5 Å². The Kier molecular flexibility index (Phi) is 4.15. The zero-order valence-electron chi connectivity index (χ0n) is 10.8. The largest absolute Gasteiger partial charge is 0.347 e. The second kappa shape index (κ2) is 6.01. The molecule has 0 saturated carbocycles. The smallest absolute Gasteiger partial charge is 0.321 e. The number of hydrogen-bond donors (Lipinski definition) is 3. The van der Waals surface area contributed by atoms with Gasteiger partial charge < -0.3 is 20.9 Å². The Balaban J connectivity index is 1.96. The van der Waals surface area contributed by atoms with Crippen molar-refractivity contribution >= 4 is 11.7 Å². The van der Waals surface area contributed by atoms with Crippen molar-refractivity contribution in [2.75, 3.05) is 12.4 Å². The van der Waals surface area contributed by atoms with E-state index in [4.69, 9.17) is 5.73 Å². The zero-order chi connectivity index (χ0) is 13.7. The Morgan fingerprint density at radius 2 is 2.37 bits per heavy atom. The molecule has 2 amide bonds. The van der Waals surface area contributed by atoms with Gasteiger partial charge in [0.25, 0.3) is 0 Å². The fourth-order valence-electron chi connectivity index (χ4n) is 1.68. The molecule has 19 heavy (non-hydrogen) atoms. The number of hydrogen-bond acceptors (Lipinski definition) is 3. The molecule has 1 heterocycles. The number of carbonyl (C=O) groups excluding carboxylic acids is 1. The molecule has 2 aromatic rings. The van der Waals surface area contributed by atoms with E-state index >= 15 is 0 Å². The molecule has 100 valence electrons. The second-order valence-corrected chi connectivity index (χ2v) is 4.23. The molecule has 0 aliphatic carbocycles. The van der Waals surface area contributed by atoms with E-state index in [2.05, 4.69) is 15.3 Å². The third-order valence-electron chi connectivity index (χ3n) is 2.70. The maximum atomic E-state index is 12.0. The molecule has 0 radical (unpaired) electrons. The van der Waals surface area contributed by atoms with Crippen LogP contribution >= 0.6 is 0 Å². The van der Waals surface area contributed by atoms with Gasteiger partial charge in [0, 0.05) is 31.7 Å². The predicted octanol–water partition coefficient (Wildman–Crippen LogP) is 1.53. The van der Waals surface area contributed by atoms with Gasteiger partial charge in [-0.05, 0) is 17.7 Å². The van der Waals surface area contributed by atoms with E-state index in [0.717, 1.165) is 17.1 Å². The molecule has 0 bridgehead atoms. The first-order valence-electron chi connectivity index (χ1n) is 5.98. The van der Waals surface area contributed by atoms with E-state index in [1.54, 1.807) is 24.3 Å². The zero-order valence-corrected chi connectivity index (χ0v) is 10.8. The minimum atomic E-state index is -0.189. The Hall–Kier alpha value is -2.34. The molecule has 0 aliphatic heterocycles. The minimum absolute atomic E-state index is 0.189. The first kappa shape index (κ1) is 13.1. The second-order valence-electron chi connectivity index (χ2n) is 4.23. The molecule has 0 atom stereocenters. The average molecular weight is 259 g/mol. The van der Waals surface area contributed by atoms with Gasteiger partial charge in [-0.2, -0.15) is 0 Å². The van der Waals surface area contributed by atoms with Crippen LogP contribution in [0, 0.1) is 0 Å². The molecule has 0 spiro atoms. The quantitative estimate of drug-likeness (QED) is 0.778. The molecular weight excluding hydrogens is 242 g/mol. The Morgan fingerprint density at radius 1 is 1.53 bits per heavy atom. The number of H-pyrrole nitrogens is 1. The third kappa shape index (κ3) is 3.56. The fourth-order valence-corrected chi connectivity index (χ4v) is 1.68. The van der Waals surface area contributed by atoms with Crippen molar-refractivity contribution in [2.24, 2.45) is 5.73 Å². The van der Waals surface area contributed by atoms with Crippen LogP contribution < -0.4 is 11.1 Å². The minimum Gasteiger partial charge on any atom is -0.347 e. The summed E-state index contributed by atoms with van der Waals surface area (Å²) < 4.78 is 0. The highest BCUT2D eigenvalue weighted by Gasteiger charge is 2.10. The number of nitrogens with zero attached hydrogens (tertiary/aromatic N) is 2. The van der Waals surface area contributed by atoms with Crippen LogP contribution in [0.25, 0.3) is 0 Å². The number of amides is 2. The van der Waals surface area contributed by atoms with Crippen LogP contribution in [0.5, 0.6) is 0 Å². The number of nitrogens with one attached hydrogen (secondary N) is 2. The number of anilines is 1.